The lowest BCUT2D eigenvalue weighted by molar-refractivity contribution is 0.579. The van der Waals surface area contributed by atoms with Crippen molar-refractivity contribution in [3.8, 4) is 22.8 Å². The monoisotopic (exact) mass is 375 g/mol. The summed E-state index contributed by atoms with van der Waals surface area (Å²) in [7, 11) is -3.82. The summed E-state index contributed by atoms with van der Waals surface area (Å²) in [4.78, 5) is 4.56. The first-order chi connectivity index (χ1) is 13.1. The van der Waals surface area contributed by atoms with Gasteiger partial charge in [0.15, 0.2) is 5.76 Å². The molecule has 0 fully saturated rings. The second kappa shape index (κ2) is 6.85. The molecular weight excluding hydrogens is 358 g/mol. The lowest BCUT2D eigenvalue weighted by Crippen LogP contribution is -2.04. The topological polar surface area (TPSA) is 60.2 Å². The number of sulfone groups is 1. The Morgan fingerprint density at radius 2 is 1.33 bits per heavy atom. The summed E-state index contributed by atoms with van der Waals surface area (Å²) >= 11 is 0. The quantitative estimate of drug-likeness (QED) is 0.495. The third-order valence-electron chi connectivity index (χ3n) is 4.24. The van der Waals surface area contributed by atoms with Crippen molar-refractivity contribution in [2.75, 3.05) is 0 Å². The first-order valence-corrected chi connectivity index (χ1v) is 9.97. The average molecular weight is 375 g/mol. The number of oxazole rings is 1. The van der Waals surface area contributed by atoms with E-state index in [1.807, 2.05) is 61.5 Å². The van der Waals surface area contributed by atoms with Gasteiger partial charge in [-0.1, -0.05) is 66.2 Å². The van der Waals surface area contributed by atoms with Crippen LogP contribution in [0.3, 0.4) is 0 Å². The van der Waals surface area contributed by atoms with Gasteiger partial charge in [0.05, 0.1) is 4.90 Å². The van der Waals surface area contributed by atoms with Gasteiger partial charge in [-0.25, -0.2) is 8.42 Å². The zero-order valence-electron chi connectivity index (χ0n) is 14.7. The fraction of sp³-hybridized carbons (Fsp3) is 0.0455. The molecule has 0 aliphatic heterocycles. The van der Waals surface area contributed by atoms with Crippen LogP contribution < -0.4 is 0 Å². The first kappa shape index (κ1) is 17.2. The van der Waals surface area contributed by atoms with Gasteiger partial charge in [-0.3, -0.25) is 0 Å². The summed E-state index contributed by atoms with van der Waals surface area (Å²) in [6.07, 6.45) is 0. The average Bonchev–Trinajstić information content (AvgIpc) is 3.16. The molecule has 1 aromatic heterocycles. The van der Waals surface area contributed by atoms with E-state index in [9.17, 15) is 8.42 Å². The molecular formula is C22H17NO3S. The highest BCUT2D eigenvalue weighted by molar-refractivity contribution is 7.91. The highest BCUT2D eigenvalue weighted by Crippen LogP contribution is 2.35. The Labute approximate surface area is 158 Å². The van der Waals surface area contributed by atoms with Crippen LogP contribution in [-0.4, -0.2) is 13.4 Å². The second-order valence-electron chi connectivity index (χ2n) is 6.20. The maximum absolute atomic E-state index is 13.2. The van der Waals surface area contributed by atoms with Gasteiger partial charge in [0.2, 0.25) is 20.8 Å². The number of nitrogens with zero attached hydrogens (tertiary/aromatic N) is 1. The van der Waals surface area contributed by atoms with Crippen LogP contribution in [0, 0.1) is 6.92 Å². The van der Waals surface area contributed by atoms with Crippen molar-refractivity contribution in [1.29, 1.82) is 0 Å². The predicted molar refractivity (Wildman–Crippen MR) is 104 cm³/mol. The van der Waals surface area contributed by atoms with Crippen LogP contribution in [0.5, 0.6) is 0 Å². The van der Waals surface area contributed by atoms with E-state index in [1.54, 1.807) is 30.3 Å². The van der Waals surface area contributed by atoms with Crippen molar-refractivity contribution in [2.24, 2.45) is 0 Å². The standard InChI is InChI=1S/C22H17NO3S/c1-16-12-14-17(15-13-16)20-22(27(24,25)19-10-6-3-7-11-19)23-21(26-20)18-8-4-2-5-9-18/h2-15H,1H3. The number of hydrogen-bond donors (Lipinski definition) is 0. The van der Waals surface area contributed by atoms with Crippen molar-refractivity contribution in [1.82, 2.24) is 4.98 Å². The van der Waals surface area contributed by atoms with Gasteiger partial charge >= 0.3 is 0 Å². The van der Waals surface area contributed by atoms with Crippen LogP contribution in [0.15, 0.2) is 99.3 Å². The molecule has 0 N–H and O–H groups in total. The minimum atomic E-state index is -3.82. The number of hydrogen-bond acceptors (Lipinski definition) is 4. The summed E-state index contributed by atoms with van der Waals surface area (Å²) in [6, 6.07) is 25.1. The maximum atomic E-state index is 13.2. The molecule has 0 bridgehead atoms. The summed E-state index contributed by atoms with van der Waals surface area (Å²) in [6.45, 7) is 1.97. The van der Waals surface area contributed by atoms with Gasteiger partial charge in [0, 0.05) is 11.1 Å². The van der Waals surface area contributed by atoms with Crippen molar-refractivity contribution < 1.29 is 12.8 Å². The predicted octanol–water partition coefficient (Wildman–Crippen LogP) is 5.15. The molecule has 4 nitrogen and oxygen atoms in total. The van der Waals surface area contributed by atoms with Gasteiger partial charge in [-0.15, -0.1) is 0 Å². The zero-order chi connectivity index (χ0) is 18.9. The molecule has 0 saturated heterocycles. The Kier molecular flexibility index (Phi) is 4.38. The Bertz CT molecular complexity index is 1160. The van der Waals surface area contributed by atoms with Crippen LogP contribution in [0.2, 0.25) is 0 Å². The Morgan fingerprint density at radius 3 is 1.96 bits per heavy atom. The van der Waals surface area contributed by atoms with E-state index in [1.165, 1.54) is 0 Å². The minimum absolute atomic E-state index is 0.0728. The molecule has 134 valence electrons. The van der Waals surface area contributed by atoms with Gasteiger partial charge in [0.25, 0.3) is 0 Å². The second-order valence-corrected chi connectivity index (χ2v) is 8.07. The number of benzene rings is 3. The van der Waals surface area contributed by atoms with Crippen molar-refractivity contribution in [3.63, 3.8) is 0 Å². The number of aryl methyl sites for hydroxylation is 1. The summed E-state index contributed by atoms with van der Waals surface area (Å²) in [5, 5.41) is -0.0728. The minimum Gasteiger partial charge on any atom is -0.435 e. The van der Waals surface area contributed by atoms with E-state index in [2.05, 4.69) is 4.98 Å². The Balaban J connectivity index is 1.94. The van der Waals surface area contributed by atoms with E-state index in [4.69, 9.17) is 4.42 Å². The normalized spacial score (nSPS) is 11.4. The van der Waals surface area contributed by atoms with Gasteiger partial charge in [0.1, 0.15) is 0 Å². The van der Waals surface area contributed by atoms with Crippen LogP contribution >= 0.6 is 0 Å². The van der Waals surface area contributed by atoms with Crippen LogP contribution in [0.1, 0.15) is 5.56 Å². The fourth-order valence-corrected chi connectivity index (χ4v) is 4.14. The zero-order valence-corrected chi connectivity index (χ0v) is 15.5. The molecule has 0 aliphatic carbocycles. The molecule has 0 aliphatic rings. The SMILES string of the molecule is Cc1ccc(-c2oc(-c3ccccc3)nc2S(=O)(=O)c2ccccc2)cc1. The third kappa shape index (κ3) is 3.29. The Morgan fingerprint density at radius 1 is 0.741 bits per heavy atom. The van der Waals surface area contributed by atoms with Gasteiger partial charge in [-0.2, -0.15) is 4.98 Å². The lowest BCUT2D eigenvalue weighted by atomic mass is 10.1. The van der Waals surface area contributed by atoms with E-state index in [0.717, 1.165) is 11.1 Å². The summed E-state index contributed by atoms with van der Waals surface area (Å²) in [5.74, 6) is 0.526. The molecule has 1 heterocycles. The lowest BCUT2D eigenvalue weighted by Gasteiger charge is -2.04. The molecule has 5 heteroatoms. The van der Waals surface area contributed by atoms with Crippen LogP contribution in [-0.2, 0) is 9.84 Å². The van der Waals surface area contributed by atoms with Crippen molar-refractivity contribution in [2.45, 2.75) is 16.8 Å². The largest absolute Gasteiger partial charge is 0.435 e. The molecule has 3 aromatic carbocycles. The third-order valence-corrected chi connectivity index (χ3v) is 5.92. The van der Waals surface area contributed by atoms with Crippen molar-refractivity contribution in [3.05, 3.63) is 90.5 Å². The van der Waals surface area contributed by atoms with Crippen LogP contribution in [0.25, 0.3) is 22.8 Å². The Hall–Kier alpha value is -3.18. The first-order valence-electron chi connectivity index (χ1n) is 8.49. The number of aromatic nitrogens is 1. The van der Waals surface area contributed by atoms with Crippen LogP contribution in [0.4, 0.5) is 0 Å². The van der Waals surface area contributed by atoms with E-state index in [-0.39, 0.29) is 21.6 Å². The van der Waals surface area contributed by atoms with Crippen molar-refractivity contribution >= 4 is 9.84 Å². The van der Waals surface area contributed by atoms with E-state index >= 15 is 0 Å². The molecule has 0 radical (unpaired) electrons. The molecule has 4 aromatic rings. The maximum Gasteiger partial charge on any atom is 0.228 e. The number of rotatable bonds is 4. The molecule has 0 amide bonds. The molecule has 27 heavy (non-hydrogen) atoms. The van der Waals surface area contributed by atoms with Gasteiger partial charge < -0.3 is 4.42 Å². The highest BCUT2D eigenvalue weighted by Gasteiger charge is 2.29. The molecule has 4 rings (SSSR count). The van der Waals surface area contributed by atoms with E-state index < -0.39 is 9.84 Å². The van der Waals surface area contributed by atoms with E-state index in [0.29, 0.717) is 5.56 Å². The summed E-state index contributed by atoms with van der Waals surface area (Å²) in [5.41, 5.74) is 2.47. The molecule has 0 saturated carbocycles. The molecule has 0 unspecified atom stereocenters. The van der Waals surface area contributed by atoms with Gasteiger partial charge in [-0.05, 0) is 31.2 Å². The smallest absolute Gasteiger partial charge is 0.228 e. The molecule has 0 atom stereocenters. The highest BCUT2D eigenvalue weighted by atomic mass is 32.2. The summed E-state index contributed by atoms with van der Waals surface area (Å²) < 4.78 is 32.4. The molecule has 0 spiro atoms. The fourth-order valence-electron chi connectivity index (χ4n) is 2.79.